The standard InChI is InChI=1S/C13H12F5NO2S/c14-12(15)3-5-19(6-4-12)22-10-7-8(11(20)21)1-2-9(10)13(16,17)18/h1-2,7H,3-6H2,(H,20,21). The van der Waals surface area contributed by atoms with Crippen molar-refractivity contribution < 1.29 is 31.9 Å². The Morgan fingerprint density at radius 2 is 1.82 bits per heavy atom. The van der Waals surface area contributed by atoms with Gasteiger partial charge in [-0.1, -0.05) is 0 Å². The Hall–Kier alpha value is -1.35. The quantitative estimate of drug-likeness (QED) is 0.663. The summed E-state index contributed by atoms with van der Waals surface area (Å²) in [4.78, 5) is 10.6. The van der Waals surface area contributed by atoms with Crippen LogP contribution in [0.3, 0.4) is 0 Å². The molecule has 1 heterocycles. The van der Waals surface area contributed by atoms with E-state index in [-0.39, 0.29) is 23.5 Å². The van der Waals surface area contributed by atoms with Gasteiger partial charge in [-0.05, 0) is 30.1 Å². The zero-order valence-electron chi connectivity index (χ0n) is 11.2. The second-order valence-electron chi connectivity index (χ2n) is 4.89. The van der Waals surface area contributed by atoms with Crippen LogP contribution in [0.25, 0.3) is 0 Å². The fourth-order valence-corrected chi connectivity index (χ4v) is 3.11. The van der Waals surface area contributed by atoms with Crippen molar-refractivity contribution in [2.75, 3.05) is 13.1 Å². The highest BCUT2D eigenvalue weighted by atomic mass is 32.2. The fourth-order valence-electron chi connectivity index (χ4n) is 2.01. The van der Waals surface area contributed by atoms with Gasteiger partial charge < -0.3 is 5.11 Å². The molecule has 0 radical (unpaired) electrons. The highest BCUT2D eigenvalue weighted by Gasteiger charge is 2.37. The summed E-state index contributed by atoms with van der Waals surface area (Å²) in [7, 11) is 0. The van der Waals surface area contributed by atoms with Crippen LogP contribution in [-0.2, 0) is 6.18 Å². The van der Waals surface area contributed by atoms with E-state index in [4.69, 9.17) is 5.11 Å². The topological polar surface area (TPSA) is 40.5 Å². The first-order valence-corrected chi connectivity index (χ1v) is 7.11. The number of carboxylic acid groups (broad SMARTS) is 1. The second kappa shape index (κ2) is 6.04. The minimum atomic E-state index is -4.64. The van der Waals surface area contributed by atoms with Gasteiger partial charge in [-0.25, -0.2) is 17.9 Å². The van der Waals surface area contributed by atoms with Crippen molar-refractivity contribution in [2.45, 2.75) is 29.8 Å². The summed E-state index contributed by atoms with van der Waals surface area (Å²) in [6.45, 7) is -0.126. The number of benzene rings is 1. The van der Waals surface area contributed by atoms with Crippen molar-refractivity contribution in [3.8, 4) is 0 Å². The maximum absolute atomic E-state index is 13.1. The van der Waals surface area contributed by atoms with Crippen LogP contribution < -0.4 is 0 Å². The zero-order valence-corrected chi connectivity index (χ0v) is 12.0. The number of hydrogen-bond acceptors (Lipinski definition) is 3. The Labute approximate surface area is 127 Å². The van der Waals surface area contributed by atoms with E-state index < -0.39 is 36.5 Å². The van der Waals surface area contributed by atoms with E-state index in [1.165, 1.54) is 4.31 Å². The molecule has 1 aromatic carbocycles. The van der Waals surface area contributed by atoms with Gasteiger partial charge in [0, 0.05) is 30.8 Å². The average Bonchev–Trinajstić information content (AvgIpc) is 2.40. The molecular formula is C13H12F5NO2S. The van der Waals surface area contributed by atoms with E-state index in [0.29, 0.717) is 18.0 Å². The van der Waals surface area contributed by atoms with E-state index in [9.17, 15) is 26.7 Å². The molecule has 0 spiro atoms. The Bertz CT molecular complexity index is 566. The van der Waals surface area contributed by atoms with Crippen molar-refractivity contribution in [2.24, 2.45) is 0 Å². The molecule has 0 amide bonds. The summed E-state index contributed by atoms with van der Waals surface area (Å²) in [5, 5.41) is 8.87. The van der Waals surface area contributed by atoms with Crippen LogP contribution in [0.15, 0.2) is 23.1 Å². The normalized spacial score (nSPS) is 19.1. The van der Waals surface area contributed by atoms with Crippen molar-refractivity contribution in [1.29, 1.82) is 0 Å². The third-order valence-electron chi connectivity index (χ3n) is 3.22. The Morgan fingerprint density at radius 3 is 2.32 bits per heavy atom. The van der Waals surface area contributed by atoms with Gasteiger partial charge in [0.2, 0.25) is 0 Å². The lowest BCUT2D eigenvalue weighted by Gasteiger charge is -2.31. The van der Waals surface area contributed by atoms with Crippen LogP contribution in [-0.4, -0.2) is 34.4 Å². The Kier molecular flexibility index (Phi) is 4.67. The van der Waals surface area contributed by atoms with E-state index in [2.05, 4.69) is 0 Å². The molecule has 2 rings (SSSR count). The lowest BCUT2D eigenvalue weighted by atomic mass is 10.1. The summed E-state index contributed by atoms with van der Waals surface area (Å²) in [5.41, 5.74) is -1.25. The van der Waals surface area contributed by atoms with Crippen LogP contribution in [0.2, 0.25) is 0 Å². The summed E-state index contributed by atoms with van der Waals surface area (Å²) < 4.78 is 66.4. The number of nitrogens with zero attached hydrogens (tertiary/aromatic N) is 1. The first-order valence-electron chi connectivity index (χ1n) is 6.34. The first-order chi connectivity index (χ1) is 10.1. The van der Waals surface area contributed by atoms with E-state index in [1.54, 1.807) is 0 Å². The SMILES string of the molecule is O=C(O)c1ccc(C(F)(F)F)c(SN2CCC(F)(F)CC2)c1. The Morgan fingerprint density at radius 1 is 1.23 bits per heavy atom. The third-order valence-corrected chi connectivity index (χ3v) is 4.37. The van der Waals surface area contributed by atoms with Crippen LogP contribution in [0.5, 0.6) is 0 Å². The molecule has 1 aliphatic rings. The monoisotopic (exact) mass is 341 g/mol. The van der Waals surface area contributed by atoms with Crippen LogP contribution in [0, 0.1) is 0 Å². The fraction of sp³-hybridized carbons (Fsp3) is 0.462. The molecule has 1 aliphatic heterocycles. The number of carboxylic acids is 1. The maximum Gasteiger partial charge on any atom is 0.417 e. The van der Waals surface area contributed by atoms with Crippen LogP contribution in [0.4, 0.5) is 22.0 Å². The van der Waals surface area contributed by atoms with Gasteiger partial charge in [0.15, 0.2) is 0 Å². The van der Waals surface area contributed by atoms with Gasteiger partial charge in [-0.15, -0.1) is 0 Å². The first kappa shape index (κ1) is 17.0. The van der Waals surface area contributed by atoms with Crippen molar-refractivity contribution >= 4 is 17.9 Å². The minimum absolute atomic E-state index is 0.0632. The molecular weight excluding hydrogens is 329 g/mol. The molecule has 0 atom stereocenters. The van der Waals surface area contributed by atoms with Gasteiger partial charge >= 0.3 is 12.1 Å². The minimum Gasteiger partial charge on any atom is -0.478 e. The number of piperidine rings is 1. The van der Waals surface area contributed by atoms with Gasteiger partial charge in [0.25, 0.3) is 5.92 Å². The molecule has 0 unspecified atom stereocenters. The molecule has 3 nitrogen and oxygen atoms in total. The number of hydrogen-bond donors (Lipinski definition) is 1. The molecule has 22 heavy (non-hydrogen) atoms. The van der Waals surface area contributed by atoms with Crippen LogP contribution >= 0.6 is 11.9 Å². The number of halogens is 5. The highest BCUT2D eigenvalue weighted by molar-refractivity contribution is 7.97. The average molecular weight is 341 g/mol. The molecule has 9 heteroatoms. The molecule has 1 saturated heterocycles. The summed E-state index contributed by atoms with van der Waals surface area (Å²) in [5.74, 6) is -4.15. The Balaban J connectivity index is 2.24. The molecule has 1 N–H and O–H groups in total. The molecule has 1 aromatic rings. The van der Waals surface area contributed by atoms with Crippen molar-refractivity contribution in [3.63, 3.8) is 0 Å². The van der Waals surface area contributed by atoms with Gasteiger partial charge in [0.1, 0.15) is 0 Å². The van der Waals surface area contributed by atoms with Gasteiger partial charge in [-0.3, -0.25) is 0 Å². The van der Waals surface area contributed by atoms with E-state index >= 15 is 0 Å². The third kappa shape index (κ3) is 4.10. The van der Waals surface area contributed by atoms with E-state index in [0.717, 1.165) is 12.1 Å². The predicted octanol–water partition coefficient (Wildman–Crippen LogP) is 4.14. The smallest absolute Gasteiger partial charge is 0.417 e. The number of rotatable bonds is 3. The van der Waals surface area contributed by atoms with Crippen LogP contribution in [0.1, 0.15) is 28.8 Å². The van der Waals surface area contributed by atoms with Gasteiger partial charge in [0.05, 0.1) is 11.1 Å². The zero-order chi connectivity index (χ0) is 16.5. The van der Waals surface area contributed by atoms with Crippen molar-refractivity contribution in [1.82, 2.24) is 4.31 Å². The summed E-state index contributed by atoms with van der Waals surface area (Å²) in [6, 6.07) is 2.49. The molecule has 0 aliphatic carbocycles. The van der Waals surface area contributed by atoms with E-state index in [1.807, 2.05) is 0 Å². The molecule has 0 bridgehead atoms. The lowest BCUT2D eigenvalue weighted by molar-refractivity contribution is -0.139. The number of aromatic carboxylic acids is 1. The highest BCUT2D eigenvalue weighted by Crippen LogP contribution is 2.40. The summed E-state index contributed by atoms with van der Waals surface area (Å²) in [6.07, 6.45) is -5.50. The second-order valence-corrected chi connectivity index (χ2v) is 6.03. The maximum atomic E-state index is 13.1. The summed E-state index contributed by atoms with van der Waals surface area (Å²) >= 11 is 0.667. The molecule has 1 fully saturated rings. The number of alkyl halides is 5. The largest absolute Gasteiger partial charge is 0.478 e. The lowest BCUT2D eigenvalue weighted by Crippen LogP contribution is -2.35. The molecule has 0 saturated carbocycles. The molecule has 0 aromatic heterocycles. The van der Waals surface area contributed by atoms with Gasteiger partial charge in [-0.2, -0.15) is 13.2 Å². The van der Waals surface area contributed by atoms with Crippen molar-refractivity contribution in [3.05, 3.63) is 29.3 Å². The number of carbonyl (C=O) groups is 1. The molecule has 122 valence electrons. The predicted molar refractivity (Wildman–Crippen MR) is 70.0 cm³/mol.